The molecule has 0 atom stereocenters. The van der Waals surface area contributed by atoms with Crippen LogP contribution in [0.3, 0.4) is 0 Å². The summed E-state index contributed by atoms with van der Waals surface area (Å²) in [5.41, 5.74) is 1.97. The van der Waals surface area contributed by atoms with Crippen LogP contribution in [0.4, 0.5) is 19.0 Å². The fourth-order valence-electron chi connectivity index (χ4n) is 3.85. The molecule has 1 saturated heterocycles. The van der Waals surface area contributed by atoms with Gasteiger partial charge in [0.25, 0.3) is 0 Å². The average molecular weight is 469 g/mol. The molecule has 1 aliphatic rings. The number of nitriles is 1. The Morgan fingerprint density at radius 3 is 2.53 bits per heavy atom. The summed E-state index contributed by atoms with van der Waals surface area (Å²) in [6.45, 7) is 6.13. The standard InChI is InChI=1S/C21H24ClF3N6O/c1-14-17(15(2)31(28-14)7-3-6-26)4-5-19(32)29-8-10-30(11-9-29)20-18(22)12-16(13-27-20)21(23,24)25/h12-13H,3-5,7-11H2,1-2H3. The molecule has 7 nitrogen and oxygen atoms in total. The third kappa shape index (κ3) is 5.33. The van der Waals surface area contributed by atoms with Crippen LogP contribution in [0.5, 0.6) is 0 Å². The highest BCUT2D eigenvalue weighted by Crippen LogP contribution is 2.33. The van der Waals surface area contributed by atoms with E-state index in [0.717, 1.165) is 29.2 Å². The van der Waals surface area contributed by atoms with Gasteiger partial charge < -0.3 is 9.80 Å². The van der Waals surface area contributed by atoms with Gasteiger partial charge in [0.2, 0.25) is 5.91 Å². The highest BCUT2D eigenvalue weighted by atomic mass is 35.5. The number of anilines is 1. The van der Waals surface area contributed by atoms with Crippen molar-refractivity contribution in [2.75, 3.05) is 31.1 Å². The molecule has 2 aromatic rings. The number of halogens is 4. The molecule has 1 aliphatic heterocycles. The molecule has 0 aliphatic carbocycles. The molecule has 1 amide bonds. The van der Waals surface area contributed by atoms with E-state index in [0.29, 0.717) is 57.8 Å². The fraction of sp³-hybridized carbons (Fsp3) is 0.524. The number of aromatic nitrogens is 3. The SMILES string of the molecule is Cc1nn(CCC#N)c(C)c1CCC(=O)N1CCN(c2ncc(C(F)(F)F)cc2Cl)CC1. The lowest BCUT2D eigenvalue weighted by Crippen LogP contribution is -2.49. The monoisotopic (exact) mass is 468 g/mol. The van der Waals surface area contributed by atoms with Gasteiger partial charge in [0.1, 0.15) is 5.82 Å². The van der Waals surface area contributed by atoms with E-state index in [1.807, 2.05) is 13.8 Å². The third-order valence-corrected chi connectivity index (χ3v) is 5.91. The first-order chi connectivity index (χ1) is 15.1. The minimum absolute atomic E-state index is 0.0136. The van der Waals surface area contributed by atoms with Gasteiger partial charge in [-0.05, 0) is 31.9 Å². The Bertz CT molecular complexity index is 1020. The number of rotatable bonds is 6. The summed E-state index contributed by atoms with van der Waals surface area (Å²) in [6.07, 6.45) is -2.44. The van der Waals surface area contributed by atoms with Gasteiger partial charge >= 0.3 is 6.18 Å². The number of amides is 1. The second-order valence-corrected chi connectivity index (χ2v) is 8.08. The molecule has 0 N–H and O–H groups in total. The fourth-order valence-corrected chi connectivity index (χ4v) is 4.13. The molecule has 3 heterocycles. The maximum absolute atomic E-state index is 12.8. The van der Waals surface area contributed by atoms with Crippen LogP contribution in [0.1, 0.15) is 35.4 Å². The number of hydrogen-bond donors (Lipinski definition) is 0. The number of carbonyl (C=O) groups excluding carboxylic acids is 1. The third-order valence-electron chi connectivity index (χ3n) is 5.64. The Hall–Kier alpha value is -2.80. The van der Waals surface area contributed by atoms with Gasteiger partial charge in [0.05, 0.1) is 35.3 Å². The van der Waals surface area contributed by atoms with Crippen molar-refractivity contribution in [3.05, 3.63) is 39.8 Å². The molecule has 0 unspecified atom stereocenters. The molecule has 0 bridgehead atoms. The molecule has 1 fully saturated rings. The van der Waals surface area contributed by atoms with E-state index in [-0.39, 0.29) is 10.9 Å². The van der Waals surface area contributed by atoms with Crippen molar-refractivity contribution in [3.63, 3.8) is 0 Å². The van der Waals surface area contributed by atoms with Crippen molar-refractivity contribution in [2.45, 2.75) is 45.8 Å². The molecular weight excluding hydrogens is 445 g/mol. The van der Waals surface area contributed by atoms with E-state index in [4.69, 9.17) is 16.9 Å². The Morgan fingerprint density at radius 2 is 1.94 bits per heavy atom. The molecule has 0 radical (unpaired) electrons. The van der Waals surface area contributed by atoms with Crippen molar-refractivity contribution in [2.24, 2.45) is 0 Å². The van der Waals surface area contributed by atoms with Gasteiger partial charge in [-0.2, -0.15) is 23.5 Å². The summed E-state index contributed by atoms with van der Waals surface area (Å²) in [7, 11) is 0. The minimum Gasteiger partial charge on any atom is -0.352 e. The Balaban J connectivity index is 1.55. The van der Waals surface area contributed by atoms with Crippen LogP contribution in [0, 0.1) is 25.2 Å². The predicted molar refractivity (Wildman–Crippen MR) is 113 cm³/mol. The average Bonchev–Trinajstić information content (AvgIpc) is 3.02. The van der Waals surface area contributed by atoms with Gasteiger partial charge in [0, 0.05) is 44.5 Å². The Morgan fingerprint density at radius 1 is 1.25 bits per heavy atom. The second kappa shape index (κ2) is 9.77. The lowest BCUT2D eigenvalue weighted by atomic mass is 10.1. The lowest BCUT2D eigenvalue weighted by molar-refractivity contribution is -0.137. The van der Waals surface area contributed by atoms with Crippen molar-refractivity contribution < 1.29 is 18.0 Å². The minimum atomic E-state index is -4.50. The second-order valence-electron chi connectivity index (χ2n) is 7.68. The highest BCUT2D eigenvalue weighted by Gasteiger charge is 2.32. The number of aryl methyl sites for hydroxylation is 2. The summed E-state index contributed by atoms with van der Waals surface area (Å²) in [5, 5.41) is 13.2. The van der Waals surface area contributed by atoms with Crippen LogP contribution in [-0.4, -0.2) is 51.8 Å². The van der Waals surface area contributed by atoms with Crippen molar-refractivity contribution in [1.82, 2.24) is 19.7 Å². The molecular formula is C21H24ClF3N6O. The number of alkyl halides is 3. The Labute approximate surface area is 189 Å². The number of hydrogen-bond acceptors (Lipinski definition) is 5. The van der Waals surface area contributed by atoms with Crippen LogP contribution < -0.4 is 4.90 Å². The van der Waals surface area contributed by atoms with Crippen LogP contribution in [0.25, 0.3) is 0 Å². The molecule has 3 rings (SSSR count). The first-order valence-corrected chi connectivity index (χ1v) is 10.6. The predicted octanol–water partition coefficient (Wildman–Crippen LogP) is 3.76. The maximum Gasteiger partial charge on any atom is 0.417 e. The first-order valence-electron chi connectivity index (χ1n) is 10.3. The van der Waals surface area contributed by atoms with Gasteiger partial charge in [-0.15, -0.1) is 0 Å². The topological polar surface area (TPSA) is 78.0 Å². The van der Waals surface area contributed by atoms with Gasteiger partial charge in [0.15, 0.2) is 0 Å². The summed E-state index contributed by atoms with van der Waals surface area (Å²) >= 11 is 6.04. The van der Waals surface area contributed by atoms with Gasteiger partial charge in [-0.1, -0.05) is 11.6 Å². The van der Waals surface area contributed by atoms with E-state index >= 15 is 0 Å². The molecule has 172 valence electrons. The number of nitrogens with zero attached hydrogens (tertiary/aromatic N) is 6. The lowest BCUT2D eigenvalue weighted by Gasteiger charge is -2.36. The van der Waals surface area contributed by atoms with Crippen LogP contribution in [0.2, 0.25) is 5.02 Å². The normalized spacial score (nSPS) is 14.5. The Kier molecular flexibility index (Phi) is 7.29. The first kappa shape index (κ1) is 23.9. The number of pyridine rings is 1. The zero-order valence-electron chi connectivity index (χ0n) is 17.9. The van der Waals surface area contributed by atoms with E-state index < -0.39 is 11.7 Å². The molecule has 0 saturated carbocycles. The van der Waals surface area contributed by atoms with Crippen LogP contribution in [-0.2, 0) is 23.9 Å². The van der Waals surface area contributed by atoms with Crippen molar-refractivity contribution in [1.29, 1.82) is 5.26 Å². The molecule has 0 aromatic carbocycles. The molecule has 0 spiro atoms. The van der Waals surface area contributed by atoms with E-state index in [1.54, 1.807) is 14.5 Å². The molecule has 2 aromatic heterocycles. The molecule has 32 heavy (non-hydrogen) atoms. The number of carbonyl (C=O) groups is 1. The van der Waals surface area contributed by atoms with E-state index in [1.165, 1.54) is 0 Å². The summed E-state index contributed by atoms with van der Waals surface area (Å²) < 4.78 is 40.2. The van der Waals surface area contributed by atoms with E-state index in [9.17, 15) is 18.0 Å². The van der Waals surface area contributed by atoms with E-state index in [2.05, 4.69) is 16.2 Å². The van der Waals surface area contributed by atoms with Gasteiger partial charge in [-0.25, -0.2) is 4.98 Å². The van der Waals surface area contributed by atoms with Crippen molar-refractivity contribution >= 4 is 23.3 Å². The zero-order valence-corrected chi connectivity index (χ0v) is 18.7. The van der Waals surface area contributed by atoms with Crippen LogP contribution >= 0.6 is 11.6 Å². The summed E-state index contributed by atoms with van der Waals surface area (Å²) in [4.78, 5) is 20.1. The summed E-state index contributed by atoms with van der Waals surface area (Å²) in [5.74, 6) is 0.308. The maximum atomic E-state index is 12.8. The summed E-state index contributed by atoms with van der Waals surface area (Å²) in [6, 6.07) is 2.98. The van der Waals surface area contributed by atoms with Crippen molar-refractivity contribution in [3.8, 4) is 6.07 Å². The smallest absolute Gasteiger partial charge is 0.352 e. The zero-order chi connectivity index (χ0) is 23.5. The molecule has 11 heteroatoms. The van der Waals surface area contributed by atoms with Gasteiger partial charge in [-0.3, -0.25) is 9.48 Å². The largest absolute Gasteiger partial charge is 0.417 e. The highest BCUT2D eigenvalue weighted by molar-refractivity contribution is 6.33. The quantitative estimate of drug-likeness (QED) is 0.645. The van der Waals surface area contributed by atoms with Crippen LogP contribution in [0.15, 0.2) is 12.3 Å². The number of piperazine rings is 1.